The van der Waals surface area contributed by atoms with Crippen molar-refractivity contribution in [3.05, 3.63) is 136 Å². The highest BCUT2D eigenvalue weighted by atomic mass is 15.3. The fourth-order valence-electron chi connectivity index (χ4n) is 8.20. The Hall–Kier alpha value is -4.50. The molecule has 226 valence electrons. The van der Waals surface area contributed by atoms with Crippen molar-refractivity contribution in [2.75, 3.05) is 29.2 Å². The molecule has 2 aliphatic heterocycles. The number of hydrogen-bond acceptors (Lipinski definition) is 3. The van der Waals surface area contributed by atoms with Gasteiger partial charge in [0, 0.05) is 37.7 Å². The van der Waals surface area contributed by atoms with Crippen LogP contribution in [0.25, 0.3) is 23.3 Å². The lowest BCUT2D eigenvalue weighted by atomic mass is 9.81. The third kappa shape index (κ3) is 5.09. The minimum atomic E-state index is 0.155. The zero-order valence-electron chi connectivity index (χ0n) is 26.7. The van der Waals surface area contributed by atoms with E-state index in [0.717, 1.165) is 12.8 Å². The summed E-state index contributed by atoms with van der Waals surface area (Å²) in [6.07, 6.45) is 17.3. The van der Waals surface area contributed by atoms with Crippen LogP contribution in [0.3, 0.4) is 0 Å². The van der Waals surface area contributed by atoms with Crippen LogP contribution in [0.4, 0.5) is 17.1 Å². The third-order valence-electron chi connectivity index (χ3n) is 10.9. The van der Waals surface area contributed by atoms with E-state index in [4.69, 9.17) is 0 Å². The van der Waals surface area contributed by atoms with Crippen molar-refractivity contribution in [2.45, 2.75) is 50.7 Å². The lowest BCUT2D eigenvalue weighted by molar-refractivity contribution is 0.439. The monoisotopic (exact) mass is 589 g/mol. The number of fused-ring (bicyclic) bond motifs is 3. The molecule has 0 fully saturated rings. The maximum atomic E-state index is 3.67. The van der Waals surface area contributed by atoms with E-state index in [1.165, 1.54) is 68.2 Å². The Morgan fingerprint density at radius 3 is 2.29 bits per heavy atom. The fourth-order valence-corrected chi connectivity index (χ4v) is 8.20. The number of benzene rings is 4. The van der Waals surface area contributed by atoms with E-state index in [1.54, 1.807) is 0 Å². The highest BCUT2D eigenvalue weighted by Gasteiger charge is 2.31. The van der Waals surface area contributed by atoms with Gasteiger partial charge in [0.05, 0.1) is 11.4 Å². The van der Waals surface area contributed by atoms with Gasteiger partial charge in [-0.2, -0.15) is 0 Å². The lowest BCUT2D eigenvalue weighted by Crippen LogP contribution is -2.37. The van der Waals surface area contributed by atoms with Gasteiger partial charge in [-0.05, 0) is 94.1 Å². The predicted octanol–water partition coefficient (Wildman–Crippen LogP) is 8.40. The first-order chi connectivity index (χ1) is 22.0. The first kappa shape index (κ1) is 28.0. The molecule has 1 N–H and O–H groups in total. The molecule has 0 bridgehead atoms. The molecule has 45 heavy (non-hydrogen) atoms. The number of nitrogens with one attached hydrogen (secondary N) is 1. The topological polar surface area (TPSA) is 18.5 Å². The van der Waals surface area contributed by atoms with Crippen molar-refractivity contribution in [1.29, 1.82) is 0 Å². The Morgan fingerprint density at radius 1 is 0.711 bits per heavy atom. The zero-order chi connectivity index (χ0) is 30.5. The van der Waals surface area contributed by atoms with Gasteiger partial charge >= 0.3 is 0 Å². The van der Waals surface area contributed by atoms with Crippen molar-refractivity contribution in [3.63, 3.8) is 0 Å². The molecule has 0 amide bonds. The Bertz CT molecular complexity index is 1920. The SMILES string of the molecule is CC1CCC(C2C=CC(C3C=c4cc(-c5ccc(C6Nc7ccccc7N6C)cc5)ccc4=CC3)=CC2)N(C)c2ccccc21. The maximum absolute atomic E-state index is 3.67. The van der Waals surface area contributed by atoms with E-state index in [0.29, 0.717) is 23.8 Å². The molecule has 2 aliphatic carbocycles. The maximum Gasteiger partial charge on any atom is 0.125 e. The van der Waals surface area contributed by atoms with Gasteiger partial charge in [-0.1, -0.05) is 104 Å². The van der Waals surface area contributed by atoms with Gasteiger partial charge < -0.3 is 15.1 Å². The average molecular weight is 590 g/mol. The number of allylic oxidation sites excluding steroid dienone is 3. The van der Waals surface area contributed by atoms with Crippen LogP contribution in [-0.4, -0.2) is 20.1 Å². The van der Waals surface area contributed by atoms with Crippen molar-refractivity contribution in [2.24, 2.45) is 11.8 Å². The highest BCUT2D eigenvalue weighted by molar-refractivity contribution is 5.76. The minimum absolute atomic E-state index is 0.155. The molecule has 5 atom stereocenters. The molecule has 4 aromatic rings. The Balaban J connectivity index is 0.984. The first-order valence-corrected chi connectivity index (χ1v) is 16.7. The summed E-state index contributed by atoms with van der Waals surface area (Å²) >= 11 is 0. The smallest absolute Gasteiger partial charge is 0.125 e. The molecule has 0 radical (unpaired) electrons. The first-order valence-electron chi connectivity index (χ1n) is 16.7. The van der Waals surface area contributed by atoms with E-state index in [2.05, 4.69) is 158 Å². The quantitative estimate of drug-likeness (QED) is 0.258. The Morgan fingerprint density at radius 2 is 1.49 bits per heavy atom. The zero-order valence-corrected chi connectivity index (χ0v) is 26.7. The second kappa shape index (κ2) is 11.5. The second-order valence-electron chi connectivity index (χ2n) is 13.5. The van der Waals surface area contributed by atoms with Crippen LogP contribution in [-0.2, 0) is 0 Å². The molecule has 0 saturated carbocycles. The molecule has 8 rings (SSSR count). The molecule has 2 heterocycles. The van der Waals surface area contributed by atoms with E-state index in [-0.39, 0.29) is 6.17 Å². The number of anilines is 3. The van der Waals surface area contributed by atoms with Gasteiger partial charge in [-0.15, -0.1) is 0 Å². The van der Waals surface area contributed by atoms with Crippen molar-refractivity contribution < 1.29 is 0 Å². The van der Waals surface area contributed by atoms with Crippen LogP contribution < -0.4 is 25.6 Å². The molecule has 5 unspecified atom stereocenters. The van der Waals surface area contributed by atoms with Crippen LogP contribution in [0.15, 0.2) is 115 Å². The summed E-state index contributed by atoms with van der Waals surface area (Å²) in [7, 11) is 4.47. The average Bonchev–Trinajstić information content (AvgIpc) is 3.37. The summed E-state index contributed by atoms with van der Waals surface area (Å²) in [6, 6.07) is 34.2. The highest BCUT2D eigenvalue weighted by Crippen LogP contribution is 2.41. The van der Waals surface area contributed by atoms with Crippen molar-refractivity contribution in [3.8, 4) is 11.1 Å². The van der Waals surface area contributed by atoms with Gasteiger partial charge in [0.25, 0.3) is 0 Å². The van der Waals surface area contributed by atoms with Crippen molar-refractivity contribution in [1.82, 2.24) is 0 Å². The molecular formula is C42H43N3. The Kier molecular flexibility index (Phi) is 7.13. The summed E-state index contributed by atoms with van der Waals surface area (Å²) < 4.78 is 0. The Labute approximate surface area is 267 Å². The normalized spacial score (nSPS) is 25.1. The number of nitrogens with zero attached hydrogens (tertiary/aromatic N) is 2. The van der Waals surface area contributed by atoms with Gasteiger partial charge in [0.2, 0.25) is 0 Å². The summed E-state index contributed by atoms with van der Waals surface area (Å²) in [6.45, 7) is 2.39. The molecule has 0 saturated heterocycles. The molecule has 4 aliphatic rings. The van der Waals surface area contributed by atoms with E-state index >= 15 is 0 Å². The number of hydrogen-bond donors (Lipinski definition) is 1. The lowest BCUT2D eigenvalue weighted by Gasteiger charge is -2.35. The second-order valence-corrected chi connectivity index (χ2v) is 13.5. The van der Waals surface area contributed by atoms with Crippen LogP contribution in [0.5, 0.6) is 0 Å². The number of rotatable bonds is 4. The van der Waals surface area contributed by atoms with Gasteiger partial charge in [-0.3, -0.25) is 0 Å². The molecule has 3 nitrogen and oxygen atoms in total. The summed E-state index contributed by atoms with van der Waals surface area (Å²) in [5.41, 5.74) is 10.7. The molecular weight excluding hydrogens is 546 g/mol. The molecule has 4 aromatic carbocycles. The molecule has 0 aromatic heterocycles. The van der Waals surface area contributed by atoms with Crippen LogP contribution in [0, 0.1) is 11.8 Å². The van der Waals surface area contributed by atoms with Crippen LogP contribution >= 0.6 is 0 Å². The predicted molar refractivity (Wildman–Crippen MR) is 191 cm³/mol. The van der Waals surface area contributed by atoms with Gasteiger partial charge in [0.15, 0.2) is 0 Å². The largest absolute Gasteiger partial charge is 0.371 e. The summed E-state index contributed by atoms with van der Waals surface area (Å²) in [5.74, 6) is 1.61. The van der Waals surface area contributed by atoms with E-state index < -0.39 is 0 Å². The van der Waals surface area contributed by atoms with Crippen LogP contribution in [0.2, 0.25) is 0 Å². The fraction of sp³-hybridized carbons (Fsp3) is 0.286. The van der Waals surface area contributed by atoms with Crippen LogP contribution in [0.1, 0.15) is 55.8 Å². The van der Waals surface area contributed by atoms with Gasteiger partial charge in [-0.25, -0.2) is 0 Å². The summed E-state index contributed by atoms with van der Waals surface area (Å²) in [5, 5.41) is 6.38. The van der Waals surface area contributed by atoms with E-state index in [1.807, 2.05) is 0 Å². The third-order valence-corrected chi connectivity index (χ3v) is 10.9. The molecule has 3 heteroatoms. The number of para-hydroxylation sites is 3. The standard InChI is InChI=1S/C42H43N3/c1-28-12-25-39(44(2)40-10-6-4-8-37(28)40)32-19-13-29(14-20-32)34-23-17-31-18-24-35(27-36(31)26-34)30-15-21-33(22-16-30)42-43-38-9-5-7-11-41(38)45(42)3/h4-11,13-19,21-22,24,26-28,32,34,39,42-43H,12,20,23,25H2,1-3H3. The van der Waals surface area contributed by atoms with Crippen molar-refractivity contribution >= 4 is 29.2 Å². The molecule has 0 spiro atoms. The summed E-state index contributed by atoms with van der Waals surface area (Å²) in [4.78, 5) is 4.89. The van der Waals surface area contributed by atoms with Gasteiger partial charge in [0.1, 0.15) is 6.17 Å². The minimum Gasteiger partial charge on any atom is -0.371 e. The van der Waals surface area contributed by atoms with E-state index in [9.17, 15) is 0 Å².